The summed E-state index contributed by atoms with van der Waals surface area (Å²) in [6, 6.07) is 7.58. The van der Waals surface area contributed by atoms with E-state index in [1.165, 1.54) is 6.07 Å². The first kappa shape index (κ1) is 12.5. The van der Waals surface area contributed by atoms with Crippen LogP contribution in [0.25, 0.3) is 0 Å². The second-order valence-electron chi connectivity index (χ2n) is 4.87. The van der Waals surface area contributed by atoms with Crippen molar-refractivity contribution < 1.29 is 9.13 Å². The maximum Gasteiger partial charge on any atom is 0.123 e. The molecule has 3 heteroatoms. The van der Waals surface area contributed by atoms with Gasteiger partial charge in [0.1, 0.15) is 5.82 Å². The van der Waals surface area contributed by atoms with Crippen molar-refractivity contribution in [1.82, 2.24) is 5.32 Å². The Morgan fingerprint density at radius 2 is 2.35 bits per heavy atom. The molecule has 0 radical (unpaired) electrons. The van der Waals surface area contributed by atoms with E-state index < -0.39 is 0 Å². The highest BCUT2D eigenvalue weighted by molar-refractivity contribution is 5.17. The van der Waals surface area contributed by atoms with Gasteiger partial charge in [0, 0.05) is 18.7 Å². The van der Waals surface area contributed by atoms with Gasteiger partial charge >= 0.3 is 0 Å². The molecule has 2 rings (SSSR count). The summed E-state index contributed by atoms with van der Waals surface area (Å²) in [6.07, 6.45) is 2.19. The molecule has 1 N–H and O–H groups in total. The predicted octanol–water partition coefficient (Wildman–Crippen LogP) is 2.52. The highest BCUT2D eigenvalue weighted by Gasteiger charge is 2.25. The van der Waals surface area contributed by atoms with Crippen LogP contribution in [0.1, 0.15) is 25.8 Å². The average molecular weight is 237 g/mol. The van der Waals surface area contributed by atoms with E-state index in [1.807, 2.05) is 6.07 Å². The molecule has 3 unspecified atom stereocenters. The van der Waals surface area contributed by atoms with Crippen molar-refractivity contribution in [2.24, 2.45) is 0 Å². The van der Waals surface area contributed by atoms with Crippen LogP contribution in [0.2, 0.25) is 0 Å². The normalized spacial score (nSPS) is 26.1. The first-order chi connectivity index (χ1) is 8.15. The molecule has 1 fully saturated rings. The number of rotatable bonds is 4. The quantitative estimate of drug-likeness (QED) is 0.869. The Kier molecular flexibility index (Phi) is 4.13. The first-order valence-electron chi connectivity index (χ1n) is 6.27. The van der Waals surface area contributed by atoms with E-state index in [0.717, 1.165) is 25.0 Å². The third-order valence-corrected chi connectivity index (χ3v) is 3.31. The molecule has 0 aromatic heterocycles. The van der Waals surface area contributed by atoms with Crippen molar-refractivity contribution in [2.45, 2.75) is 44.9 Å². The highest BCUT2D eigenvalue weighted by Crippen LogP contribution is 2.14. The van der Waals surface area contributed by atoms with Gasteiger partial charge in [-0.15, -0.1) is 0 Å². The lowest BCUT2D eigenvalue weighted by molar-refractivity contribution is 0.111. The zero-order chi connectivity index (χ0) is 12.3. The van der Waals surface area contributed by atoms with E-state index in [-0.39, 0.29) is 11.9 Å². The van der Waals surface area contributed by atoms with E-state index in [4.69, 9.17) is 4.74 Å². The smallest absolute Gasteiger partial charge is 0.123 e. The second-order valence-corrected chi connectivity index (χ2v) is 4.87. The number of benzene rings is 1. The van der Waals surface area contributed by atoms with E-state index in [2.05, 4.69) is 19.2 Å². The molecule has 17 heavy (non-hydrogen) atoms. The molecule has 0 saturated carbocycles. The van der Waals surface area contributed by atoms with Crippen LogP contribution in [0.4, 0.5) is 4.39 Å². The van der Waals surface area contributed by atoms with Crippen LogP contribution in [0.5, 0.6) is 0 Å². The van der Waals surface area contributed by atoms with Gasteiger partial charge in [0.25, 0.3) is 0 Å². The molecule has 0 bridgehead atoms. The number of hydrogen-bond donors (Lipinski definition) is 1. The molecule has 0 amide bonds. The average Bonchev–Trinajstić information content (AvgIpc) is 2.64. The standard InChI is InChI=1S/C14H20FNO/c1-10(16-14-6-7-17-11(14)2)8-12-4-3-5-13(15)9-12/h3-5,9-11,14,16H,6-8H2,1-2H3. The fourth-order valence-electron chi connectivity index (χ4n) is 2.39. The van der Waals surface area contributed by atoms with Gasteiger partial charge in [0.05, 0.1) is 6.10 Å². The maximum absolute atomic E-state index is 13.0. The van der Waals surface area contributed by atoms with Crippen LogP contribution in [0.3, 0.4) is 0 Å². The van der Waals surface area contributed by atoms with Crippen molar-refractivity contribution in [1.29, 1.82) is 0 Å². The molecule has 1 saturated heterocycles. The molecule has 1 heterocycles. The van der Waals surface area contributed by atoms with Gasteiger partial charge in [0.2, 0.25) is 0 Å². The number of nitrogens with one attached hydrogen (secondary N) is 1. The van der Waals surface area contributed by atoms with Gasteiger partial charge < -0.3 is 10.1 Å². The Balaban J connectivity index is 1.86. The van der Waals surface area contributed by atoms with Crippen molar-refractivity contribution in [2.75, 3.05) is 6.61 Å². The summed E-state index contributed by atoms with van der Waals surface area (Å²) in [5, 5.41) is 3.55. The predicted molar refractivity (Wildman–Crippen MR) is 66.5 cm³/mol. The monoisotopic (exact) mass is 237 g/mol. The Labute approximate surface area is 102 Å². The van der Waals surface area contributed by atoms with Gasteiger partial charge in [-0.1, -0.05) is 12.1 Å². The largest absolute Gasteiger partial charge is 0.377 e. The van der Waals surface area contributed by atoms with E-state index >= 15 is 0 Å². The van der Waals surface area contributed by atoms with Crippen LogP contribution in [-0.2, 0) is 11.2 Å². The number of hydrogen-bond acceptors (Lipinski definition) is 2. The van der Waals surface area contributed by atoms with Crippen LogP contribution >= 0.6 is 0 Å². The van der Waals surface area contributed by atoms with Crippen LogP contribution in [0.15, 0.2) is 24.3 Å². The second kappa shape index (κ2) is 5.61. The van der Waals surface area contributed by atoms with Gasteiger partial charge in [-0.05, 0) is 44.4 Å². The molecule has 1 aromatic rings. The lowest BCUT2D eigenvalue weighted by Gasteiger charge is -2.21. The molecule has 3 atom stereocenters. The molecular weight excluding hydrogens is 217 g/mol. The van der Waals surface area contributed by atoms with Crippen molar-refractivity contribution in [3.8, 4) is 0 Å². The van der Waals surface area contributed by atoms with Gasteiger partial charge in [-0.2, -0.15) is 0 Å². The van der Waals surface area contributed by atoms with E-state index in [0.29, 0.717) is 12.1 Å². The summed E-state index contributed by atoms with van der Waals surface area (Å²) < 4.78 is 18.6. The zero-order valence-electron chi connectivity index (χ0n) is 10.4. The maximum atomic E-state index is 13.0. The van der Waals surface area contributed by atoms with Crippen LogP contribution in [0, 0.1) is 5.82 Å². The fourth-order valence-corrected chi connectivity index (χ4v) is 2.39. The van der Waals surface area contributed by atoms with E-state index in [9.17, 15) is 4.39 Å². The number of ether oxygens (including phenoxy) is 1. The van der Waals surface area contributed by atoms with Gasteiger partial charge in [0.15, 0.2) is 0 Å². The minimum Gasteiger partial charge on any atom is -0.377 e. The Morgan fingerprint density at radius 1 is 1.53 bits per heavy atom. The van der Waals surface area contributed by atoms with Gasteiger partial charge in [-0.25, -0.2) is 4.39 Å². The molecule has 0 aliphatic carbocycles. The highest BCUT2D eigenvalue weighted by atomic mass is 19.1. The lowest BCUT2D eigenvalue weighted by atomic mass is 10.0. The third-order valence-electron chi connectivity index (χ3n) is 3.31. The van der Waals surface area contributed by atoms with E-state index in [1.54, 1.807) is 12.1 Å². The molecule has 1 aliphatic heterocycles. The topological polar surface area (TPSA) is 21.3 Å². The minimum atomic E-state index is -0.160. The van der Waals surface area contributed by atoms with Crippen molar-refractivity contribution >= 4 is 0 Å². The summed E-state index contributed by atoms with van der Waals surface area (Å²) in [4.78, 5) is 0. The lowest BCUT2D eigenvalue weighted by Crippen LogP contribution is -2.41. The fraction of sp³-hybridized carbons (Fsp3) is 0.571. The zero-order valence-corrected chi connectivity index (χ0v) is 10.4. The molecule has 1 aliphatic rings. The van der Waals surface area contributed by atoms with Crippen LogP contribution < -0.4 is 5.32 Å². The summed E-state index contributed by atoms with van der Waals surface area (Å²) in [6.45, 7) is 5.07. The third kappa shape index (κ3) is 3.51. The summed E-state index contributed by atoms with van der Waals surface area (Å²) in [5.41, 5.74) is 1.04. The SMILES string of the molecule is CC(Cc1cccc(F)c1)NC1CCOC1C. The summed E-state index contributed by atoms with van der Waals surface area (Å²) in [7, 11) is 0. The molecule has 0 spiro atoms. The summed E-state index contributed by atoms with van der Waals surface area (Å²) >= 11 is 0. The first-order valence-corrected chi connectivity index (χ1v) is 6.27. The molecule has 94 valence electrons. The van der Waals surface area contributed by atoms with Crippen LogP contribution in [-0.4, -0.2) is 24.8 Å². The molecule has 1 aromatic carbocycles. The Bertz CT molecular complexity index is 369. The Morgan fingerprint density at radius 3 is 3.00 bits per heavy atom. The van der Waals surface area contributed by atoms with Crippen molar-refractivity contribution in [3.63, 3.8) is 0 Å². The number of halogens is 1. The minimum absolute atomic E-state index is 0.160. The van der Waals surface area contributed by atoms with Gasteiger partial charge in [-0.3, -0.25) is 0 Å². The summed E-state index contributed by atoms with van der Waals surface area (Å²) in [5.74, 6) is -0.160. The Hall–Kier alpha value is -0.930. The molecule has 2 nitrogen and oxygen atoms in total. The molecular formula is C14H20FNO. The van der Waals surface area contributed by atoms with Crippen molar-refractivity contribution in [3.05, 3.63) is 35.6 Å².